The van der Waals surface area contributed by atoms with E-state index in [1.54, 1.807) is 97.1 Å². The summed E-state index contributed by atoms with van der Waals surface area (Å²) in [6, 6.07) is 35.9. The molecule has 0 N–H and O–H groups in total. The van der Waals surface area contributed by atoms with Gasteiger partial charge in [0, 0.05) is 0 Å². The van der Waals surface area contributed by atoms with Crippen LogP contribution in [0.25, 0.3) is 0 Å². The molecule has 0 aliphatic carbocycles. The van der Waals surface area contributed by atoms with Crippen LogP contribution in [0.1, 0.15) is 22.3 Å². The molecular weight excluding hydrogens is 344 g/mol. The fraction of sp³-hybridized carbons (Fsp3) is 0.0769. The van der Waals surface area contributed by atoms with Crippen molar-refractivity contribution in [2.75, 3.05) is 0 Å². The molecule has 2 radical (unpaired) electrons. The van der Waals surface area contributed by atoms with E-state index >= 15 is 0 Å². The van der Waals surface area contributed by atoms with Crippen molar-refractivity contribution < 1.29 is 10.2 Å². The molecule has 0 amide bonds. The largest absolute Gasteiger partial charge is 0.215 e. The van der Waals surface area contributed by atoms with Crippen LogP contribution in [0.3, 0.4) is 0 Å². The third-order valence-electron chi connectivity index (χ3n) is 5.22. The Hall–Kier alpha value is -3.20. The first kappa shape index (κ1) is 18.2. The van der Waals surface area contributed by atoms with Crippen molar-refractivity contribution in [3.8, 4) is 0 Å². The zero-order valence-corrected chi connectivity index (χ0v) is 15.4. The Kier molecular flexibility index (Phi) is 4.82. The fourth-order valence-electron chi connectivity index (χ4n) is 3.84. The van der Waals surface area contributed by atoms with Crippen LogP contribution in [-0.4, -0.2) is 0 Å². The minimum atomic E-state index is -2.06. The summed E-state index contributed by atoms with van der Waals surface area (Å²) in [6.45, 7) is 0. The number of hydrogen-bond donors (Lipinski definition) is 0. The van der Waals surface area contributed by atoms with Crippen molar-refractivity contribution in [3.63, 3.8) is 0 Å². The Bertz CT molecular complexity index is 847. The molecule has 0 unspecified atom stereocenters. The second kappa shape index (κ2) is 7.43. The van der Waals surface area contributed by atoms with E-state index in [1.807, 2.05) is 24.3 Å². The maximum atomic E-state index is 14.8. The van der Waals surface area contributed by atoms with Gasteiger partial charge in [0.15, 0.2) is 11.2 Å². The molecule has 28 heavy (non-hydrogen) atoms. The summed E-state index contributed by atoms with van der Waals surface area (Å²) in [5.74, 6) is 0. The van der Waals surface area contributed by atoms with Crippen molar-refractivity contribution in [1.82, 2.24) is 0 Å². The van der Waals surface area contributed by atoms with Crippen molar-refractivity contribution in [1.29, 1.82) is 0 Å². The predicted molar refractivity (Wildman–Crippen MR) is 109 cm³/mol. The van der Waals surface area contributed by atoms with Gasteiger partial charge < -0.3 is 0 Å². The lowest BCUT2D eigenvalue weighted by atomic mass is 9.66. The molecule has 0 fully saturated rings. The first-order chi connectivity index (χ1) is 13.7. The highest BCUT2D eigenvalue weighted by molar-refractivity contribution is 5.50. The SMILES string of the molecule is [O]C(c1ccccc1)(c1ccccc1)C([O])(c1ccccc1)c1ccccc1. The lowest BCUT2D eigenvalue weighted by molar-refractivity contribution is -0.182. The quantitative estimate of drug-likeness (QED) is 0.433. The van der Waals surface area contributed by atoms with Gasteiger partial charge in [0.1, 0.15) is 0 Å². The Morgan fingerprint density at radius 1 is 0.321 bits per heavy atom. The highest BCUT2D eigenvalue weighted by atomic mass is 16.4. The van der Waals surface area contributed by atoms with Crippen molar-refractivity contribution in [3.05, 3.63) is 144 Å². The van der Waals surface area contributed by atoms with Gasteiger partial charge >= 0.3 is 0 Å². The standard InChI is InChI=1S/C26H20O2/c27-25(21-13-5-1-6-14-21,22-15-7-2-8-16-22)26(28,23-17-9-3-10-18-23)24-19-11-4-12-20-24/h1-20H. The molecule has 4 aromatic carbocycles. The molecule has 2 nitrogen and oxygen atoms in total. The van der Waals surface area contributed by atoms with Crippen LogP contribution in [-0.2, 0) is 21.4 Å². The van der Waals surface area contributed by atoms with E-state index in [2.05, 4.69) is 0 Å². The maximum Gasteiger partial charge on any atom is 0.194 e. The molecule has 0 saturated heterocycles. The van der Waals surface area contributed by atoms with Gasteiger partial charge in [-0.25, -0.2) is 10.2 Å². The topological polar surface area (TPSA) is 39.8 Å². The van der Waals surface area contributed by atoms with Gasteiger partial charge in [-0.15, -0.1) is 0 Å². The highest BCUT2D eigenvalue weighted by Crippen LogP contribution is 2.50. The molecule has 4 aromatic rings. The Morgan fingerprint density at radius 2 is 0.500 bits per heavy atom. The summed E-state index contributed by atoms with van der Waals surface area (Å²) in [7, 11) is 0. The van der Waals surface area contributed by atoms with Crippen molar-refractivity contribution in [2.24, 2.45) is 0 Å². The van der Waals surface area contributed by atoms with E-state index in [-0.39, 0.29) is 0 Å². The monoisotopic (exact) mass is 364 g/mol. The van der Waals surface area contributed by atoms with E-state index in [0.29, 0.717) is 22.3 Å². The van der Waals surface area contributed by atoms with Crippen LogP contribution in [0.15, 0.2) is 121 Å². The fourth-order valence-corrected chi connectivity index (χ4v) is 3.84. The summed E-state index contributed by atoms with van der Waals surface area (Å²) >= 11 is 0. The van der Waals surface area contributed by atoms with Crippen molar-refractivity contribution in [2.45, 2.75) is 11.2 Å². The first-order valence-electron chi connectivity index (χ1n) is 9.30. The molecule has 0 saturated carbocycles. The van der Waals surface area contributed by atoms with E-state index in [0.717, 1.165) is 0 Å². The van der Waals surface area contributed by atoms with E-state index in [1.165, 1.54) is 0 Å². The normalized spacial score (nSPS) is 11.9. The lowest BCUT2D eigenvalue weighted by Gasteiger charge is -2.41. The molecule has 0 bridgehead atoms. The zero-order chi connectivity index (χ0) is 19.5. The first-order valence-corrected chi connectivity index (χ1v) is 9.30. The van der Waals surface area contributed by atoms with E-state index in [4.69, 9.17) is 0 Å². The summed E-state index contributed by atoms with van der Waals surface area (Å²) in [5.41, 5.74) is -2.32. The van der Waals surface area contributed by atoms with Crippen LogP contribution in [0, 0.1) is 0 Å². The average molecular weight is 364 g/mol. The molecule has 0 aliphatic heterocycles. The van der Waals surface area contributed by atoms with Gasteiger partial charge in [-0.1, -0.05) is 121 Å². The minimum absolute atomic E-state index is 0.448. The molecule has 0 spiro atoms. The van der Waals surface area contributed by atoms with Gasteiger partial charge in [-0.05, 0) is 22.3 Å². The van der Waals surface area contributed by atoms with Crippen LogP contribution >= 0.6 is 0 Å². The second-order valence-corrected chi connectivity index (χ2v) is 6.83. The number of rotatable bonds is 5. The third-order valence-corrected chi connectivity index (χ3v) is 5.22. The predicted octanol–water partition coefficient (Wildman–Crippen LogP) is 5.74. The van der Waals surface area contributed by atoms with Crippen LogP contribution in [0.2, 0.25) is 0 Å². The average Bonchev–Trinajstić information content (AvgIpc) is 2.80. The molecular formula is C26H20O2. The summed E-state index contributed by atoms with van der Waals surface area (Å²) in [6.07, 6.45) is 0. The van der Waals surface area contributed by atoms with Crippen LogP contribution in [0.4, 0.5) is 0 Å². The summed E-state index contributed by atoms with van der Waals surface area (Å²) in [5, 5.41) is 29.6. The third kappa shape index (κ3) is 2.84. The molecule has 0 aliphatic rings. The lowest BCUT2D eigenvalue weighted by Crippen LogP contribution is -2.49. The van der Waals surface area contributed by atoms with Gasteiger partial charge in [0.2, 0.25) is 0 Å². The summed E-state index contributed by atoms with van der Waals surface area (Å²) in [4.78, 5) is 0. The number of hydrogen-bond acceptors (Lipinski definition) is 0. The van der Waals surface area contributed by atoms with Crippen LogP contribution in [0.5, 0.6) is 0 Å². The maximum absolute atomic E-state index is 14.8. The second-order valence-electron chi connectivity index (χ2n) is 6.83. The van der Waals surface area contributed by atoms with Gasteiger partial charge in [0.25, 0.3) is 0 Å². The molecule has 0 atom stereocenters. The zero-order valence-electron chi connectivity index (χ0n) is 15.4. The van der Waals surface area contributed by atoms with Gasteiger partial charge in [-0.3, -0.25) is 0 Å². The molecule has 0 aromatic heterocycles. The van der Waals surface area contributed by atoms with E-state index in [9.17, 15) is 10.2 Å². The minimum Gasteiger partial charge on any atom is -0.215 e. The number of benzene rings is 4. The van der Waals surface area contributed by atoms with Gasteiger partial charge in [-0.2, -0.15) is 0 Å². The smallest absolute Gasteiger partial charge is 0.194 e. The van der Waals surface area contributed by atoms with E-state index < -0.39 is 11.2 Å². The molecule has 4 rings (SSSR count). The highest BCUT2D eigenvalue weighted by Gasteiger charge is 2.57. The van der Waals surface area contributed by atoms with Crippen molar-refractivity contribution >= 4 is 0 Å². The molecule has 2 heteroatoms. The molecule has 136 valence electrons. The van der Waals surface area contributed by atoms with Crippen LogP contribution < -0.4 is 0 Å². The molecule has 0 heterocycles. The Morgan fingerprint density at radius 3 is 0.679 bits per heavy atom. The van der Waals surface area contributed by atoms with Gasteiger partial charge in [0.05, 0.1) is 0 Å². The Balaban J connectivity index is 2.09. The Labute approximate surface area is 165 Å². The summed E-state index contributed by atoms with van der Waals surface area (Å²) < 4.78 is 0.